The third-order valence-corrected chi connectivity index (χ3v) is 3.97. The van der Waals surface area contributed by atoms with Crippen LogP contribution in [0.1, 0.15) is 0 Å². The minimum absolute atomic E-state index is 0.155. The summed E-state index contributed by atoms with van der Waals surface area (Å²) in [6, 6.07) is 2.58. The van der Waals surface area contributed by atoms with Crippen LogP contribution < -0.4 is 0 Å². The maximum absolute atomic E-state index is 12.1. The van der Waals surface area contributed by atoms with Crippen LogP contribution in [-0.2, 0) is 16.1 Å². The number of carbonyl (C=O) groups excluding carboxylic acids is 1. The third-order valence-electron chi connectivity index (χ3n) is 2.96. The van der Waals surface area contributed by atoms with Crippen LogP contribution in [0.4, 0.5) is 0 Å². The Morgan fingerprint density at radius 1 is 1.52 bits per heavy atom. The lowest BCUT2D eigenvalue weighted by atomic mass is 10.3. The van der Waals surface area contributed by atoms with Gasteiger partial charge >= 0.3 is 5.97 Å². The molecule has 1 N–H and O–H groups in total. The van der Waals surface area contributed by atoms with E-state index in [1.54, 1.807) is 12.1 Å². The molecule has 0 aliphatic carbocycles. The van der Waals surface area contributed by atoms with Crippen LogP contribution in [0.2, 0.25) is 0 Å². The fraction of sp³-hybridized carbons (Fsp3) is 0.364. The van der Waals surface area contributed by atoms with Crippen molar-refractivity contribution in [3.8, 4) is 11.6 Å². The Labute approximate surface area is 122 Å². The average Bonchev–Trinajstić information content (AvgIpc) is 3.19. The van der Waals surface area contributed by atoms with Crippen molar-refractivity contribution in [2.24, 2.45) is 0 Å². The molecule has 0 unspecified atom stereocenters. The number of carboxylic acid groups (broad SMARTS) is 1. The zero-order valence-electron chi connectivity index (χ0n) is 10.7. The first-order chi connectivity index (χ1) is 10.1. The van der Waals surface area contributed by atoms with Gasteiger partial charge in [-0.2, -0.15) is 4.80 Å². The molecule has 2 aromatic rings. The van der Waals surface area contributed by atoms with Crippen LogP contribution in [0.15, 0.2) is 22.8 Å². The molecule has 1 aliphatic heterocycles. The number of rotatable bonds is 4. The first-order valence-corrected chi connectivity index (χ1v) is 7.22. The fourth-order valence-corrected chi connectivity index (χ4v) is 3.09. The van der Waals surface area contributed by atoms with E-state index in [1.807, 2.05) is 0 Å². The molecule has 0 aromatic carbocycles. The second kappa shape index (κ2) is 5.56. The monoisotopic (exact) mass is 309 g/mol. The van der Waals surface area contributed by atoms with E-state index in [9.17, 15) is 9.59 Å². The van der Waals surface area contributed by atoms with Crippen molar-refractivity contribution in [3.05, 3.63) is 18.4 Å². The summed E-state index contributed by atoms with van der Waals surface area (Å²) < 4.78 is 5.13. The van der Waals surface area contributed by atoms with Gasteiger partial charge in [-0.15, -0.1) is 22.0 Å². The zero-order valence-corrected chi connectivity index (χ0v) is 11.6. The molecule has 0 bridgehead atoms. The zero-order chi connectivity index (χ0) is 14.8. The SMILES string of the molecule is O=C(O)[C@@H]1CSCN1C(=O)Cn1nnc(-c2ccco2)n1. The fourth-order valence-electron chi connectivity index (χ4n) is 1.92. The van der Waals surface area contributed by atoms with E-state index in [0.717, 1.165) is 4.80 Å². The van der Waals surface area contributed by atoms with Crippen LogP contribution in [0.3, 0.4) is 0 Å². The average molecular weight is 309 g/mol. The molecule has 0 spiro atoms. The topological polar surface area (TPSA) is 114 Å². The van der Waals surface area contributed by atoms with Gasteiger partial charge in [-0.25, -0.2) is 4.79 Å². The largest absolute Gasteiger partial charge is 0.480 e. The molecule has 1 aliphatic rings. The molecular formula is C11H11N5O4S. The van der Waals surface area contributed by atoms with Gasteiger partial charge in [0.05, 0.1) is 12.1 Å². The number of hydrogen-bond acceptors (Lipinski definition) is 7. The lowest BCUT2D eigenvalue weighted by molar-refractivity contribution is -0.148. The third kappa shape index (κ3) is 2.75. The van der Waals surface area contributed by atoms with Gasteiger partial charge in [-0.3, -0.25) is 4.79 Å². The van der Waals surface area contributed by atoms with Gasteiger partial charge in [0.25, 0.3) is 0 Å². The van der Waals surface area contributed by atoms with Crippen molar-refractivity contribution in [2.75, 3.05) is 11.6 Å². The van der Waals surface area contributed by atoms with Crippen molar-refractivity contribution >= 4 is 23.6 Å². The van der Waals surface area contributed by atoms with Gasteiger partial charge in [0.1, 0.15) is 12.6 Å². The van der Waals surface area contributed by atoms with Crippen molar-refractivity contribution < 1.29 is 19.1 Å². The van der Waals surface area contributed by atoms with Gasteiger partial charge in [0, 0.05) is 5.75 Å². The second-order valence-electron chi connectivity index (χ2n) is 4.34. The quantitative estimate of drug-likeness (QED) is 0.834. The Balaban J connectivity index is 1.69. The lowest BCUT2D eigenvalue weighted by Crippen LogP contribution is -2.43. The Morgan fingerprint density at radius 3 is 3.10 bits per heavy atom. The van der Waals surface area contributed by atoms with Crippen LogP contribution in [0.5, 0.6) is 0 Å². The molecule has 2 aromatic heterocycles. The first kappa shape index (κ1) is 13.6. The highest BCUT2D eigenvalue weighted by Crippen LogP contribution is 2.21. The molecule has 10 heteroatoms. The Kier molecular flexibility index (Phi) is 3.60. The molecule has 9 nitrogen and oxygen atoms in total. The summed E-state index contributed by atoms with van der Waals surface area (Å²) in [5.74, 6) is 0.123. The van der Waals surface area contributed by atoms with E-state index in [4.69, 9.17) is 9.52 Å². The molecule has 0 saturated carbocycles. The first-order valence-electron chi connectivity index (χ1n) is 6.07. The maximum Gasteiger partial charge on any atom is 0.327 e. The molecule has 0 radical (unpaired) electrons. The molecule has 3 rings (SSSR count). The highest BCUT2D eigenvalue weighted by atomic mass is 32.2. The van der Waals surface area contributed by atoms with Gasteiger partial charge in [-0.05, 0) is 17.3 Å². The number of carboxylic acids is 1. The number of tetrazole rings is 1. The molecule has 110 valence electrons. The number of nitrogens with zero attached hydrogens (tertiary/aromatic N) is 5. The Bertz CT molecular complexity index is 655. The molecule has 1 amide bonds. The van der Waals surface area contributed by atoms with E-state index in [1.165, 1.54) is 22.9 Å². The number of carbonyl (C=O) groups is 2. The molecule has 3 heterocycles. The summed E-state index contributed by atoms with van der Waals surface area (Å²) in [7, 11) is 0. The summed E-state index contributed by atoms with van der Waals surface area (Å²) in [6.07, 6.45) is 1.49. The minimum atomic E-state index is -1.00. The molecule has 1 saturated heterocycles. The highest BCUT2D eigenvalue weighted by molar-refractivity contribution is 7.99. The Morgan fingerprint density at radius 2 is 2.38 bits per heavy atom. The molecule has 1 atom stereocenters. The highest BCUT2D eigenvalue weighted by Gasteiger charge is 2.34. The van der Waals surface area contributed by atoms with Crippen LogP contribution in [0.25, 0.3) is 11.6 Å². The Hall–Kier alpha value is -2.36. The molecular weight excluding hydrogens is 298 g/mol. The van der Waals surface area contributed by atoms with Gasteiger partial charge in [-0.1, -0.05) is 0 Å². The smallest absolute Gasteiger partial charge is 0.327 e. The minimum Gasteiger partial charge on any atom is -0.480 e. The van der Waals surface area contributed by atoms with Crippen LogP contribution in [0, 0.1) is 0 Å². The van der Waals surface area contributed by atoms with Crippen LogP contribution >= 0.6 is 11.8 Å². The number of thioether (sulfide) groups is 1. The van der Waals surface area contributed by atoms with E-state index < -0.39 is 12.0 Å². The number of aromatic nitrogens is 4. The second-order valence-corrected chi connectivity index (χ2v) is 5.34. The van der Waals surface area contributed by atoms with E-state index in [-0.39, 0.29) is 18.3 Å². The summed E-state index contributed by atoms with van der Waals surface area (Å²) in [6.45, 7) is -0.155. The van der Waals surface area contributed by atoms with Crippen LogP contribution in [-0.4, -0.2) is 59.8 Å². The number of amides is 1. The lowest BCUT2D eigenvalue weighted by Gasteiger charge is -2.19. The number of furan rings is 1. The molecule has 1 fully saturated rings. The summed E-state index contributed by atoms with van der Waals surface area (Å²) >= 11 is 1.40. The van der Waals surface area contributed by atoms with E-state index >= 15 is 0 Å². The predicted molar refractivity (Wildman–Crippen MR) is 71.1 cm³/mol. The van der Waals surface area contributed by atoms with Gasteiger partial charge in [0.15, 0.2) is 5.76 Å². The van der Waals surface area contributed by atoms with Crippen molar-refractivity contribution in [1.82, 2.24) is 25.1 Å². The summed E-state index contributed by atoms with van der Waals surface area (Å²) in [4.78, 5) is 25.6. The number of aliphatic carboxylic acids is 1. The molecule has 21 heavy (non-hydrogen) atoms. The van der Waals surface area contributed by atoms with Crippen molar-refractivity contribution in [1.29, 1.82) is 0 Å². The van der Waals surface area contributed by atoms with E-state index in [2.05, 4.69) is 15.4 Å². The summed E-state index contributed by atoms with van der Waals surface area (Å²) in [5, 5.41) is 20.6. The van der Waals surface area contributed by atoms with Gasteiger partial charge in [0.2, 0.25) is 11.7 Å². The van der Waals surface area contributed by atoms with E-state index in [0.29, 0.717) is 17.4 Å². The maximum atomic E-state index is 12.1. The van der Waals surface area contributed by atoms with Gasteiger partial charge < -0.3 is 14.4 Å². The summed E-state index contributed by atoms with van der Waals surface area (Å²) in [5.41, 5.74) is 0. The normalized spacial score (nSPS) is 18.1. The number of hydrogen-bond donors (Lipinski definition) is 1. The van der Waals surface area contributed by atoms with Crippen molar-refractivity contribution in [2.45, 2.75) is 12.6 Å². The van der Waals surface area contributed by atoms with Crippen molar-refractivity contribution in [3.63, 3.8) is 0 Å². The standard InChI is InChI=1S/C11H11N5O4S/c17-9(15-6-21-5-7(15)11(18)19)4-16-13-10(12-14-16)8-2-1-3-20-8/h1-3,7H,4-6H2,(H,18,19)/t7-/m0/s1. The predicted octanol–water partition coefficient (Wildman–Crippen LogP) is -0.0808.